The number of nitrogens with zero attached hydrogens (tertiary/aromatic N) is 2. The van der Waals surface area contributed by atoms with E-state index in [1.807, 2.05) is 0 Å². The van der Waals surface area contributed by atoms with Gasteiger partial charge in [0.25, 0.3) is 23.6 Å². The van der Waals surface area contributed by atoms with Crippen molar-refractivity contribution in [2.75, 3.05) is 74.1 Å². The van der Waals surface area contributed by atoms with E-state index < -0.39 is 17.9 Å². The molecule has 2 aliphatic carbocycles. The molecule has 0 radical (unpaired) electrons. The van der Waals surface area contributed by atoms with E-state index in [4.69, 9.17) is 24.7 Å². The minimum atomic E-state index is -0.954. The minimum Gasteiger partial charge on any atom is -0.452 e. The van der Waals surface area contributed by atoms with Gasteiger partial charge >= 0.3 is 6.09 Å². The highest BCUT2D eigenvalue weighted by Gasteiger charge is 2.31. The third-order valence-corrected chi connectivity index (χ3v) is 10.4. The molecule has 2 N–H and O–H groups in total. The number of ketones is 2. The highest BCUT2D eigenvalue weighted by atomic mass is 16.5. The van der Waals surface area contributed by atoms with Crippen molar-refractivity contribution < 1.29 is 57.2 Å². The van der Waals surface area contributed by atoms with Gasteiger partial charge in [-0.1, -0.05) is 25.7 Å². The van der Waals surface area contributed by atoms with Crippen LogP contribution in [0.5, 0.6) is 0 Å². The summed E-state index contributed by atoms with van der Waals surface area (Å²) in [6, 6.07) is 0. The molecule has 0 spiro atoms. The van der Waals surface area contributed by atoms with Gasteiger partial charge in [-0.15, -0.1) is 0 Å². The number of amides is 5. The van der Waals surface area contributed by atoms with E-state index in [0.29, 0.717) is 94.4 Å². The zero-order valence-corrected chi connectivity index (χ0v) is 33.0. The molecular weight excluding hydrogens is 714 g/mol. The molecule has 2 saturated carbocycles. The summed E-state index contributed by atoms with van der Waals surface area (Å²) >= 11 is 0. The van der Waals surface area contributed by atoms with Gasteiger partial charge < -0.3 is 29.4 Å². The predicted octanol–water partition coefficient (Wildman–Crippen LogP) is 3.95. The van der Waals surface area contributed by atoms with E-state index in [2.05, 4.69) is 4.74 Å². The topological polar surface area (TPSA) is 198 Å². The molecule has 15 heteroatoms. The lowest BCUT2D eigenvalue weighted by Gasteiger charge is -2.30. The molecule has 5 amide bonds. The van der Waals surface area contributed by atoms with Crippen LogP contribution in [0.3, 0.4) is 0 Å². The number of rotatable bonds is 21. The Morgan fingerprint density at radius 1 is 0.564 bits per heavy atom. The smallest absolute Gasteiger partial charge is 0.423 e. The highest BCUT2D eigenvalue weighted by molar-refractivity contribution is 6.21. The molecule has 55 heavy (non-hydrogen) atoms. The monoisotopic (exact) mass is 777 g/mol. The van der Waals surface area contributed by atoms with Crippen LogP contribution >= 0.6 is 0 Å². The van der Waals surface area contributed by atoms with Crippen LogP contribution in [0.1, 0.15) is 89.9 Å². The molecule has 0 aromatic rings. The van der Waals surface area contributed by atoms with Gasteiger partial charge in [0.05, 0.1) is 46.8 Å². The molecule has 0 unspecified atom stereocenters. The van der Waals surface area contributed by atoms with E-state index >= 15 is 0 Å². The van der Waals surface area contributed by atoms with Gasteiger partial charge in [-0.25, -0.2) is 4.79 Å². The van der Waals surface area contributed by atoms with Gasteiger partial charge in [0.2, 0.25) is 0 Å². The minimum absolute atomic E-state index is 0.189. The molecule has 0 bridgehead atoms. The van der Waals surface area contributed by atoms with Gasteiger partial charge in [0.1, 0.15) is 11.6 Å². The predicted molar refractivity (Wildman–Crippen MR) is 202 cm³/mol. The fraction of sp³-hybridized carbons (Fsp3) is 0.725. The van der Waals surface area contributed by atoms with Crippen molar-refractivity contribution in [3.8, 4) is 0 Å². The van der Waals surface area contributed by atoms with Crippen LogP contribution in [-0.4, -0.2) is 125 Å². The Labute approximate surface area is 325 Å². The Hall–Kier alpha value is -3.63. The van der Waals surface area contributed by atoms with E-state index in [0.717, 1.165) is 76.2 Å². The first-order chi connectivity index (χ1) is 26.5. The zero-order valence-electron chi connectivity index (χ0n) is 33.0. The molecule has 2 fully saturated rings. The van der Waals surface area contributed by atoms with Crippen LogP contribution in [0.25, 0.3) is 0 Å². The number of hydrogen-bond donors (Lipinski definition) is 1. The number of nitrogens with two attached hydrogens (primary N) is 1. The van der Waals surface area contributed by atoms with E-state index in [1.165, 1.54) is 42.7 Å². The first-order valence-electron chi connectivity index (χ1n) is 19.6. The second-order valence-corrected chi connectivity index (χ2v) is 14.3. The van der Waals surface area contributed by atoms with Crippen LogP contribution in [0.2, 0.25) is 0 Å². The van der Waals surface area contributed by atoms with Gasteiger partial charge in [0, 0.05) is 70.8 Å². The van der Waals surface area contributed by atoms with Crippen molar-refractivity contribution in [3.63, 3.8) is 0 Å². The molecule has 2 heterocycles. The normalized spacial score (nSPS) is 22.0. The summed E-state index contributed by atoms with van der Waals surface area (Å²) in [6.07, 6.45) is 17.3. The van der Waals surface area contributed by atoms with E-state index in [9.17, 15) is 33.6 Å². The Kier molecular flexibility index (Phi) is 24.1. The quantitative estimate of drug-likeness (QED) is 0.130. The molecule has 0 atom stereocenters. The molecule has 310 valence electrons. The maximum absolute atomic E-state index is 11.9. The molecule has 0 aromatic carbocycles. The van der Waals surface area contributed by atoms with Gasteiger partial charge in [0.15, 0.2) is 0 Å². The van der Waals surface area contributed by atoms with Crippen LogP contribution in [0, 0.1) is 23.7 Å². The van der Waals surface area contributed by atoms with Crippen molar-refractivity contribution in [1.82, 2.24) is 9.80 Å². The first-order valence-corrected chi connectivity index (χ1v) is 19.6. The summed E-state index contributed by atoms with van der Waals surface area (Å²) in [5, 5.41) is 0. The first kappa shape index (κ1) is 47.5. The second-order valence-electron chi connectivity index (χ2n) is 14.3. The third-order valence-electron chi connectivity index (χ3n) is 10.4. The zero-order chi connectivity index (χ0) is 40.4. The van der Waals surface area contributed by atoms with Crippen molar-refractivity contribution in [1.29, 1.82) is 0 Å². The van der Waals surface area contributed by atoms with Crippen LogP contribution in [0.4, 0.5) is 4.79 Å². The number of Topliss-reactive ketones (excluding diaryl/α,β-unsaturated/α-hetero) is 2. The summed E-state index contributed by atoms with van der Waals surface area (Å²) in [4.78, 5) is 80.6. The molecule has 0 aromatic heterocycles. The Morgan fingerprint density at radius 2 is 0.964 bits per heavy atom. The summed E-state index contributed by atoms with van der Waals surface area (Å²) in [6.45, 7) is 4.63. The van der Waals surface area contributed by atoms with Crippen LogP contribution in [-0.2, 0) is 52.5 Å². The maximum Gasteiger partial charge on any atom is 0.423 e. The Bertz CT molecular complexity index is 1250. The lowest BCUT2D eigenvalue weighted by Crippen LogP contribution is -2.36. The van der Waals surface area contributed by atoms with Crippen molar-refractivity contribution in [3.05, 3.63) is 24.3 Å². The molecule has 4 rings (SSSR count). The summed E-state index contributed by atoms with van der Waals surface area (Å²) < 4.78 is 24.6. The van der Waals surface area contributed by atoms with Crippen LogP contribution < -0.4 is 5.73 Å². The van der Waals surface area contributed by atoms with Crippen molar-refractivity contribution in [2.24, 2.45) is 29.4 Å². The van der Waals surface area contributed by atoms with Gasteiger partial charge in [-0.05, 0) is 68.7 Å². The third kappa shape index (κ3) is 19.2. The van der Waals surface area contributed by atoms with Gasteiger partial charge in [-0.3, -0.25) is 33.7 Å². The van der Waals surface area contributed by atoms with E-state index in [-0.39, 0.29) is 17.6 Å². The summed E-state index contributed by atoms with van der Waals surface area (Å²) in [5.74, 6) is 1.32. The molecular formula is C40H63N3O12. The van der Waals surface area contributed by atoms with Crippen molar-refractivity contribution >= 4 is 41.3 Å². The maximum atomic E-state index is 11.9. The fourth-order valence-electron chi connectivity index (χ4n) is 6.84. The largest absolute Gasteiger partial charge is 0.452 e. The number of ether oxygens (including phenoxy) is 5. The lowest BCUT2D eigenvalue weighted by atomic mass is 9.79. The number of methoxy groups -OCH3 is 3. The average molecular weight is 778 g/mol. The number of imide groups is 4. The molecule has 2 aliphatic heterocycles. The van der Waals surface area contributed by atoms with Gasteiger partial charge in [-0.2, -0.15) is 4.90 Å². The summed E-state index contributed by atoms with van der Waals surface area (Å²) in [7, 11) is 4.37. The molecule has 4 aliphatic rings. The second kappa shape index (κ2) is 27.9. The van der Waals surface area contributed by atoms with Crippen LogP contribution in [0.15, 0.2) is 24.3 Å². The lowest BCUT2D eigenvalue weighted by molar-refractivity contribution is -0.138. The standard InChI is InChI=1S/C19H29NO5.C15H29NO3.C6H5NO4/c1-24-12-13-25-11-10-17(21)7-6-15-2-4-16(5-3-15)14-20-18(22)8-9-19(20)23;1-18-10-11-19-9-8-15(17)7-6-13-2-4-14(12-16)5-3-13;1-11-6(10)7-4(8)2-3-5(7)9/h8-9,15-16H,2-7,10-14H2,1H3;13-14H,2-12,16H2,1H3;2-3H,1H3. The number of hydrogen-bond acceptors (Lipinski definition) is 13. The SMILES string of the molecule is COC(=O)N1C(=O)C=CC1=O.COCCOCCC(=O)CCC1CCC(CN)CC1.COCCOCCC(=O)CCC1CCC(CN2C(=O)C=CC2=O)CC1. The summed E-state index contributed by atoms with van der Waals surface area (Å²) in [5.41, 5.74) is 5.68. The van der Waals surface area contributed by atoms with E-state index in [1.54, 1.807) is 14.2 Å². The Morgan fingerprint density at radius 3 is 1.36 bits per heavy atom. The average Bonchev–Trinajstić information content (AvgIpc) is 3.71. The number of carbonyl (C=O) groups excluding carboxylic acids is 7. The fourth-order valence-corrected chi connectivity index (χ4v) is 6.84. The molecule has 15 nitrogen and oxygen atoms in total. The molecule has 0 saturated heterocycles. The van der Waals surface area contributed by atoms with Crippen molar-refractivity contribution in [2.45, 2.75) is 89.9 Å². The Balaban J connectivity index is 0.000000307. The highest BCUT2D eigenvalue weighted by Crippen LogP contribution is 2.33. The number of carbonyl (C=O) groups is 7.